The molecule has 0 radical (unpaired) electrons. The summed E-state index contributed by atoms with van der Waals surface area (Å²) in [4.78, 5) is 5.51. The topological polar surface area (TPSA) is 33.5 Å². The van der Waals surface area contributed by atoms with Gasteiger partial charge in [-0.3, -0.25) is 14.5 Å². The molecule has 0 unspecified atom stereocenters. The summed E-state index contributed by atoms with van der Waals surface area (Å²) in [6, 6.07) is 0.658. The fourth-order valence-corrected chi connectivity index (χ4v) is 4.95. The van der Waals surface area contributed by atoms with Crippen molar-refractivity contribution in [1.29, 1.82) is 0 Å². The first-order valence-corrected chi connectivity index (χ1v) is 10.2. The Morgan fingerprint density at radius 2 is 2.00 bits per heavy atom. The normalized spacial score (nSPS) is 27.4. The molecule has 0 N–H and O–H groups in total. The molecule has 5 nitrogen and oxygen atoms in total. The van der Waals surface area contributed by atoms with E-state index in [-0.39, 0.29) is 0 Å². The Morgan fingerprint density at radius 3 is 2.64 bits per heavy atom. The van der Waals surface area contributed by atoms with Crippen LogP contribution in [-0.4, -0.2) is 64.0 Å². The van der Waals surface area contributed by atoms with Crippen LogP contribution >= 0.6 is 0 Å². The Balaban J connectivity index is 1.37. The van der Waals surface area contributed by atoms with Crippen LogP contribution in [0, 0.1) is 5.92 Å². The second kappa shape index (κ2) is 7.37. The molecule has 140 valence electrons. The summed E-state index contributed by atoms with van der Waals surface area (Å²) >= 11 is 0. The molecule has 2 saturated heterocycles. The van der Waals surface area contributed by atoms with Crippen molar-refractivity contribution in [2.45, 2.75) is 63.6 Å². The van der Waals surface area contributed by atoms with E-state index in [1.807, 2.05) is 17.9 Å². The van der Waals surface area contributed by atoms with Crippen molar-refractivity contribution in [3.05, 3.63) is 18.0 Å². The summed E-state index contributed by atoms with van der Waals surface area (Å²) in [6.45, 7) is 8.71. The van der Waals surface area contributed by atoms with Crippen molar-refractivity contribution in [2.24, 2.45) is 13.0 Å². The number of hydrogen-bond acceptors (Lipinski definition) is 4. The number of likely N-dealkylation sites (tertiary alicyclic amines) is 2. The third-order valence-electron chi connectivity index (χ3n) is 6.61. The van der Waals surface area contributed by atoms with E-state index >= 15 is 0 Å². The van der Waals surface area contributed by atoms with E-state index in [2.05, 4.69) is 28.0 Å². The van der Waals surface area contributed by atoms with E-state index in [4.69, 9.17) is 4.74 Å². The van der Waals surface area contributed by atoms with Crippen LogP contribution in [0.3, 0.4) is 0 Å². The first-order valence-electron chi connectivity index (χ1n) is 10.2. The number of nitrogens with zero attached hydrogens (tertiary/aromatic N) is 4. The van der Waals surface area contributed by atoms with Gasteiger partial charge in [0.25, 0.3) is 0 Å². The van der Waals surface area contributed by atoms with Crippen LogP contribution in [-0.2, 0) is 18.3 Å². The number of rotatable bonds is 7. The minimum atomic E-state index is 0.454. The predicted molar refractivity (Wildman–Crippen MR) is 99.4 cm³/mol. The van der Waals surface area contributed by atoms with Gasteiger partial charge in [0.05, 0.1) is 12.8 Å². The molecule has 25 heavy (non-hydrogen) atoms. The molecule has 1 saturated carbocycles. The van der Waals surface area contributed by atoms with E-state index < -0.39 is 0 Å². The van der Waals surface area contributed by atoms with Gasteiger partial charge in [-0.15, -0.1) is 0 Å². The van der Waals surface area contributed by atoms with Crippen molar-refractivity contribution in [3.8, 4) is 0 Å². The lowest BCUT2D eigenvalue weighted by molar-refractivity contribution is 0.000369. The second-order valence-electron chi connectivity index (χ2n) is 8.47. The zero-order valence-corrected chi connectivity index (χ0v) is 16.0. The lowest BCUT2D eigenvalue weighted by atomic mass is 9.84. The van der Waals surface area contributed by atoms with Crippen LogP contribution in [0.25, 0.3) is 0 Å². The molecular weight excluding hydrogens is 312 g/mol. The van der Waals surface area contributed by atoms with Gasteiger partial charge >= 0.3 is 0 Å². The average molecular weight is 347 g/mol. The molecule has 1 aromatic rings. The van der Waals surface area contributed by atoms with Crippen LogP contribution in [0.2, 0.25) is 0 Å². The number of piperidine rings is 1. The van der Waals surface area contributed by atoms with Crippen molar-refractivity contribution >= 4 is 0 Å². The van der Waals surface area contributed by atoms with E-state index in [0.717, 1.165) is 25.7 Å². The summed E-state index contributed by atoms with van der Waals surface area (Å²) in [6.07, 6.45) is 12.4. The first kappa shape index (κ1) is 17.5. The Kier molecular flexibility index (Phi) is 5.16. The molecular formula is C20H34N4O. The highest BCUT2D eigenvalue weighted by atomic mass is 16.5. The SMILES string of the molecule is CCOC[C@@H]1CCC2(CCN(Cc3cnn(C)c3)CC2)N1CC1CC1. The standard InChI is InChI=1S/C20H34N4O/c1-3-25-16-19-6-7-20(24(19)15-17-4-5-17)8-10-23(11-9-20)14-18-12-21-22(2)13-18/h12-13,17,19H,3-11,14-16H2,1-2H3/t19-/m0/s1. The van der Waals surface area contributed by atoms with Crippen molar-refractivity contribution in [1.82, 2.24) is 19.6 Å². The van der Waals surface area contributed by atoms with Crippen molar-refractivity contribution in [3.63, 3.8) is 0 Å². The molecule has 0 bridgehead atoms. The van der Waals surface area contributed by atoms with E-state index in [0.29, 0.717) is 11.6 Å². The average Bonchev–Trinajstić information content (AvgIpc) is 3.26. The van der Waals surface area contributed by atoms with Gasteiger partial charge in [-0.25, -0.2) is 0 Å². The molecule has 0 amide bonds. The molecule has 3 aliphatic rings. The van der Waals surface area contributed by atoms with Gasteiger partial charge in [-0.05, 0) is 51.4 Å². The molecule has 1 aromatic heterocycles. The van der Waals surface area contributed by atoms with Gasteiger partial charge in [0, 0.05) is 63.2 Å². The largest absolute Gasteiger partial charge is 0.380 e. The first-order chi connectivity index (χ1) is 12.2. The summed E-state index contributed by atoms with van der Waals surface area (Å²) in [7, 11) is 2.00. The van der Waals surface area contributed by atoms with Gasteiger partial charge in [0.15, 0.2) is 0 Å². The number of hydrogen-bond donors (Lipinski definition) is 0. The lowest BCUT2D eigenvalue weighted by Crippen LogP contribution is -2.55. The third-order valence-corrected chi connectivity index (χ3v) is 6.61. The number of aryl methyl sites for hydroxylation is 1. The van der Waals surface area contributed by atoms with E-state index in [1.54, 1.807) is 0 Å². The monoisotopic (exact) mass is 346 g/mol. The maximum absolute atomic E-state index is 5.82. The maximum Gasteiger partial charge on any atom is 0.0621 e. The predicted octanol–water partition coefficient (Wildman–Crippen LogP) is 2.67. The summed E-state index contributed by atoms with van der Waals surface area (Å²) in [5.41, 5.74) is 1.80. The van der Waals surface area contributed by atoms with Gasteiger partial charge < -0.3 is 4.74 Å². The fourth-order valence-electron chi connectivity index (χ4n) is 4.95. The number of aromatic nitrogens is 2. The van der Waals surface area contributed by atoms with Crippen molar-refractivity contribution < 1.29 is 4.74 Å². The van der Waals surface area contributed by atoms with Crippen LogP contribution in [0.15, 0.2) is 12.4 Å². The zero-order valence-electron chi connectivity index (χ0n) is 16.0. The quantitative estimate of drug-likeness (QED) is 0.760. The van der Waals surface area contributed by atoms with Crippen LogP contribution in [0.1, 0.15) is 51.0 Å². The molecule has 1 spiro atoms. The van der Waals surface area contributed by atoms with Gasteiger partial charge in [-0.2, -0.15) is 5.10 Å². The van der Waals surface area contributed by atoms with Gasteiger partial charge in [-0.1, -0.05) is 0 Å². The molecule has 4 rings (SSSR count). The minimum Gasteiger partial charge on any atom is -0.380 e. The highest BCUT2D eigenvalue weighted by Gasteiger charge is 2.48. The lowest BCUT2D eigenvalue weighted by Gasteiger charge is -2.47. The maximum atomic E-state index is 5.82. The highest BCUT2D eigenvalue weighted by Crippen LogP contribution is 2.44. The summed E-state index contributed by atoms with van der Waals surface area (Å²) in [5, 5.41) is 4.31. The molecule has 2 aliphatic heterocycles. The van der Waals surface area contributed by atoms with Crippen molar-refractivity contribution in [2.75, 3.05) is 32.8 Å². The molecule has 1 atom stereocenters. The highest BCUT2D eigenvalue weighted by molar-refractivity contribution is 5.07. The molecule has 5 heteroatoms. The van der Waals surface area contributed by atoms with Crippen LogP contribution in [0.5, 0.6) is 0 Å². The van der Waals surface area contributed by atoms with E-state index in [1.165, 1.54) is 63.7 Å². The molecule has 3 heterocycles. The third kappa shape index (κ3) is 3.93. The Labute approximate surface area is 152 Å². The Hall–Kier alpha value is -0.910. The second-order valence-corrected chi connectivity index (χ2v) is 8.47. The molecule has 3 fully saturated rings. The van der Waals surface area contributed by atoms with Crippen LogP contribution in [0.4, 0.5) is 0 Å². The van der Waals surface area contributed by atoms with Gasteiger partial charge in [0.1, 0.15) is 0 Å². The van der Waals surface area contributed by atoms with E-state index in [9.17, 15) is 0 Å². The molecule has 1 aliphatic carbocycles. The Morgan fingerprint density at radius 1 is 1.20 bits per heavy atom. The summed E-state index contributed by atoms with van der Waals surface area (Å²) < 4.78 is 7.73. The number of ether oxygens (including phenoxy) is 1. The smallest absolute Gasteiger partial charge is 0.0621 e. The summed E-state index contributed by atoms with van der Waals surface area (Å²) in [5.74, 6) is 0.965. The van der Waals surface area contributed by atoms with Gasteiger partial charge in [0.2, 0.25) is 0 Å². The Bertz CT molecular complexity index is 560. The van der Waals surface area contributed by atoms with Crippen LogP contribution < -0.4 is 0 Å². The molecule has 0 aromatic carbocycles. The zero-order chi connectivity index (χ0) is 17.3. The fraction of sp³-hybridized carbons (Fsp3) is 0.850. The minimum absolute atomic E-state index is 0.454.